The fraction of sp³-hybridized carbons (Fsp3) is 0.357. The number of terminal acetylenes is 1. The summed E-state index contributed by atoms with van der Waals surface area (Å²) in [5.74, 6) is 2.56. The van der Waals surface area contributed by atoms with Crippen LogP contribution in [-0.4, -0.2) is 18.5 Å². The van der Waals surface area contributed by atoms with Crippen LogP contribution >= 0.6 is 0 Å². The summed E-state index contributed by atoms with van der Waals surface area (Å²) in [5.41, 5.74) is 1.54. The Hall–Kier alpha value is -1.79. The van der Waals surface area contributed by atoms with Gasteiger partial charge in [-0.1, -0.05) is 12.0 Å². The highest BCUT2D eigenvalue weighted by Gasteiger charge is 2.19. The van der Waals surface area contributed by atoms with Gasteiger partial charge in [0.25, 0.3) is 0 Å². The first-order chi connectivity index (χ1) is 8.28. The van der Waals surface area contributed by atoms with E-state index in [9.17, 15) is 4.79 Å². The van der Waals surface area contributed by atoms with Gasteiger partial charge in [0, 0.05) is 30.3 Å². The molecule has 1 aliphatic carbocycles. The molecule has 0 aliphatic heterocycles. The molecule has 1 saturated carbocycles. The third-order valence-corrected chi connectivity index (χ3v) is 2.68. The first-order valence-electron chi connectivity index (χ1n) is 5.88. The first-order valence-corrected chi connectivity index (χ1v) is 5.88. The molecule has 0 atom stereocenters. The SMILES string of the molecule is C#Cc1cccc(NC(=O)CCNC2CC2)c1. The predicted octanol–water partition coefficient (Wildman–Crippen LogP) is 1.75. The Morgan fingerprint density at radius 3 is 3.00 bits per heavy atom. The van der Waals surface area contributed by atoms with E-state index in [0.717, 1.165) is 17.8 Å². The van der Waals surface area contributed by atoms with Gasteiger partial charge in [-0.2, -0.15) is 0 Å². The number of amides is 1. The Balaban J connectivity index is 1.78. The largest absolute Gasteiger partial charge is 0.326 e. The Morgan fingerprint density at radius 2 is 2.29 bits per heavy atom. The minimum atomic E-state index is 0.0207. The lowest BCUT2D eigenvalue weighted by atomic mass is 10.2. The summed E-state index contributed by atoms with van der Waals surface area (Å²) >= 11 is 0. The lowest BCUT2D eigenvalue weighted by molar-refractivity contribution is -0.116. The third-order valence-electron chi connectivity index (χ3n) is 2.68. The van der Waals surface area contributed by atoms with Gasteiger partial charge in [0.05, 0.1) is 0 Å². The molecule has 0 aromatic heterocycles. The first kappa shape index (κ1) is 11.7. The quantitative estimate of drug-likeness (QED) is 0.754. The van der Waals surface area contributed by atoms with E-state index in [1.807, 2.05) is 18.2 Å². The minimum Gasteiger partial charge on any atom is -0.326 e. The predicted molar refractivity (Wildman–Crippen MR) is 68.6 cm³/mol. The van der Waals surface area contributed by atoms with E-state index in [1.54, 1.807) is 6.07 Å². The standard InChI is InChI=1S/C14H16N2O/c1-2-11-4-3-5-13(10-11)16-14(17)8-9-15-12-6-7-12/h1,3-5,10,12,15H,6-9H2,(H,16,17). The van der Waals surface area contributed by atoms with Crippen molar-refractivity contribution in [2.75, 3.05) is 11.9 Å². The molecule has 1 aromatic carbocycles. The van der Waals surface area contributed by atoms with E-state index in [-0.39, 0.29) is 5.91 Å². The Kier molecular flexibility index (Phi) is 3.79. The van der Waals surface area contributed by atoms with Gasteiger partial charge in [-0.15, -0.1) is 6.42 Å². The smallest absolute Gasteiger partial charge is 0.225 e. The van der Waals surface area contributed by atoms with Gasteiger partial charge in [-0.3, -0.25) is 4.79 Å². The van der Waals surface area contributed by atoms with Crippen molar-refractivity contribution in [2.45, 2.75) is 25.3 Å². The van der Waals surface area contributed by atoms with Gasteiger partial charge in [-0.25, -0.2) is 0 Å². The van der Waals surface area contributed by atoms with Crippen LogP contribution in [0.5, 0.6) is 0 Å². The van der Waals surface area contributed by atoms with Crippen LogP contribution in [0.15, 0.2) is 24.3 Å². The molecule has 0 saturated heterocycles. The average Bonchev–Trinajstić information content (AvgIpc) is 3.13. The number of anilines is 1. The fourth-order valence-corrected chi connectivity index (χ4v) is 1.59. The summed E-state index contributed by atoms with van der Waals surface area (Å²) in [6.07, 6.45) is 8.28. The number of benzene rings is 1. The number of hydrogen-bond acceptors (Lipinski definition) is 2. The molecule has 2 rings (SSSR count). The van der Waals surface area contributed by atoms with E-state index < -0.39 is 0 Å². The zero-order valence-electron chi connectivity index (χ0n) is 9.70. The van der Waals surface area contributed by atoms with Crippen LogP contribution in [0.3, 0.4) is 0 Å². The molecule has 3 nitrogen and oxygen atoms in total. The molecule has 0 heterocycles. The molecule has 88 valence electrons. The van der Waals surface area contributed by atoms with Crippen molar-refractivity contribution < 1.29 is 4.79 Å². The molecule has 17 heavy (non-hydrogen) atoms. The molecule has 2 N–H and O–H groups in total. The van der Waals surface area contributed by atoms with Gasteiger partial charge in [-0.05, 0) is 31.0 Å². The maximum atomic E-state index is 11.6. The van der Waals surface area contributed by atoms with E-state index in [0.29, 0.717) is 12.5 Å². The fourth-order valence-electron chi connectivity index (χ4n) is 1.59. The second-order valence-electron chi connectivity index (χ2n) is 4.25. The minimum absolute atomic E-state index is 0.0207. The summed E-state index contributed by atoms with van der Waals surface area (Å²) in [6.45, 7) is 0.741. The molecule has 1 fully saturated rings. The maximum absolute atomic E-state index is 11.6. The second-order valence-corrected chi connectivity index (χ2v) is 4.25. The van der Waals surface area contributed by atoms with Gasteiger partial charge < -0.3 is 10.6 Å². The average molecular weight is 228 g/mol. The highest BCUT2D eigenvalue weighted by atomic mass is 16.1. The van der Waals surface area contributed by atoms with Gasteiger partial charge in [0.2, 0.25) is 5.91 Å². The molecule has 0 bridgehead atoms. The molecule has 1 amide bonds. The molecule has 0 unspecified atom stereocenters. The Bertz CT molecular complexity index is 444. The van der Waals surface area contributed by atoms with Crippen LogP contribution in [0, 0.1) is 12.3 Å². The highest BCUT2D eigenvalue weighted by molar-refractivity contribution is 5.90. The lowest BCUT2D eigenvalue weighted by Crippen LogP contribution is -2.23. The summed E-state index contributed by atoms with van der Waals surface area (Å²) in [4.78, 5) is 11.6. The molecule has 0 radical (unpaired) electrons. The summed E-state index contributed by atoms with van der Waals surface area (Å²) in [5, 5.41) is 6.14. The molecular formula is C14H16N2O. The normalized spacial score (nSPS) is 14.1. The zero-order chi connectivity index (χ0) is 12.1. The molecule has 1 aliphatic rings. The van der Waals surface area contributed by atoms with Gasteiger partial charge >= 0.3 is 0 Å². The van der Waals surface area contributed by atoms with E-state index >= 15 is 0 Å². The van der Waals surface area contributed by atoms with E-state index in [1.165, 1.54) is 12.8 Å². The summed E-state index contributed by atoms with van der Waals surface area (Å²) in [7, 11) is 0. The number of carbonyl (C=O) groups is 1. The van der Waals surface area contributed by atoms with Gasteiger partial charge in [0.1, 0.15) is 0 Å². The zero-order valence-corrected chi connectivity index (χ0v) is 9.70. The van der Waals surface area contributed by atoms with Crippen LogP contribution in [0.1, 0.15) is 24.8 Å². The van der Waals surface area contributed by atoms with E-state index in [4.69, 9.17) is 6.42 Å². The lowest BCUT2D eigenvalue weighted by Gasteiger charge is -2.06. The number of hydrogen-bond donors (Lipinski definition) is 2. The van der Waals surface area contributed by atoms with Crippen LogP contribution < -0.4 is 10.6 Å². The molecule has 0 spiro atoms. The topological polar surface area (TPSA) is 41.1 Å². The summed E-state index contributed by atoms with van der Waals surface area (Å²) in [6, 6.07) is 7.96. The summed E-state index contributed by atoms with van der Waals surface area (Å²) < 4.78 is 0. The van der Waals surface area contributed by atoms with Crippen LogP contribution in [-0.2, 0) is 4.79 Å². The van der Waals surface area contributed by atoms with Crippen LogP contribution in [0.4, 0.5) is 5.69 Å². The number of nitrogens with one attached hydrogen (secondary N) is 2. The van der Waals surface area contributed by atoms with E-state index in [2.05, 4.69) is 16.6 Å². The highest BCUT2D eigenvalue weighted by Crippen LogP contribution is 2.18. The van der Waals surface area contributed by atoms with Crippen molar-refractivity contribution in [3.8, 4) is 12.3 Å². The van der Waals surface area contributed by atoms with Crippen molar-refractivity contribution in [3.05, 3.63) is 29.8 Å². The van der Waals surface area contributed by atoms with Crippen LogP contribution in [0.25, 0.3) is 0 Å². The maximum Gasteiger partial charge on any atom is 0.225 e. The van der Waals surface area contributed by atoms with Crippen molar-refractivity contribution in [1.82, 2.24) is 5.32 Å². The number of carbonyl (C=O) groups excluding carboxylic acids is 1. The van der Waals surface area contributed by atoms with Crippen LogP contribution in [0.2, 0.25) is 0 Å². The number of rotatable bonds is 5. The third kappa shape index (κ3) is 3.93. The Labute approximate surface area is 102 Å². The van der Waals surface area contributed by atoms with Crippen molar-refractivity contribution in [1.29, 1.82) is 0 Å². The molecular weight excluding hydrogens is 212 g/mol. The molecule has 1 aromatic rings. The van der Waals surface area contributed by atoms with Crippen molar-refractivity contribution in [3.63, 3.8) is 0 Å². The van der Waals surface area contributed by atoms with Crippen molar-refractivity contribution in [2.24, 2.45) is 0 Å². The van der Waals surface area contributed by atoms with Crippen molar-refractivity contribution >= 4 is 11.6 Å². The monoisotopic (exact) mass is 228 g/mol. The van der Waals surface area contributed by atoms with Gasteiger partial charge in [0.15, 0.2) is 0 Å². The Morgan fingerprint density at radius 1 is 1.47 bits per heavy atom. The molecule has 3 heteroatoms. The second kappa shape index (κ2) is 5.51.